The van der Waals surface area contributed by atoms with Crippen molar-refractivity contribution in [3.05, 3.63) is 0 Å². The van der Waals surface area contributed by atoms with Gasteiger partial charge in [-0.3, -0.25) is 14.4 Å². The Kier molecular flexibility index (Phi) is 10.0. The molecule has 1 unspecified atom stereocenters. The molecule has 0 radical (unpaired) electrons. The van der Waals surface area contributed by atoms with Crippen molar-refractivity contribution in [1.82, 2.24) is 0 Å². The second-order valence-corrected chi connectivity index (χ2v) is 4.70. The molecule has 0 rings (SSSR count). The predicted molar refractivity (Wildman–Crippen MR) is 73.9 cm³/mol. The van der Waals surface area contributed by atoms with Crippen LogP contribution in [0.4, 0.5) is 0 Å². The molecule has 1 atom stereocenters. The minimum atomic E-state index is -0.188. The van der Waals surface area contributed by atoms with Crippen molar-refractivity contribution in [1.29, 1.82) is 0 Å². The molecule has 0 amide bonds. The van der Waals surface area contributed by atoms with E-state index in [4.69, 9.17) is 4.74 Å². The highest BCUT2D eigenvalue weighted by Gasteiger charge is 2.12. The Labute approximate surface area is 115 Å². The Bertz CT molecular complexity index is 297. The van der Waals surface area contributed by atoms with E-state index < -0.39 is 0 Å². The van der Waals surface area contributed by atoms with Gasteiger partial charge in [0.25, 0.3) is 0 Å². The van der Waals surface area contributed by atoms with Gasteiger partial charge in [-0.25, -0.2) is 0 Å². The first kappa shape index (κ1) is 17.8. The minimum absolute atomic E-state index is 0.0856. The Balaban J connectivity index is 3.77. The first-order valence-corrected chi connectivity index (χ1v) is 7.26. The van der Waals surface area contributed by atoms with E-state index in [0.29, 0.717) is 38.5 Å². The van der Waals surface area contributed by atoms with E-state index in [2.05, 4.69) is 0 Å². The van der Waals surface area contributed by atoms with Crippen LogP contribution in [0.15, 0.2) is 0 Å². The number of ether oxygens (including phenoxy) is 1. The van der Waals surface area contributed by atoms with Crippen molar-refractivity contribution in [3.63, 3.8) is 0 Å². The smallest absolute Gasteiger partial charge is 0.305 e. The highest BCUT2D eigenvalue weighted by atomic mass is 16.5. The Morgan fingerprint density at radius 2 is 1.53 bits per heavy atom. The van der Waals surface area contributed by atoms with Crippen LogP contribution in [0.25, 0.3) is 0 Å². The monoisotopic (exact) mass is 270 g/mol. The van der Waals surface area contributed by atoms with Crippen LogP contribution in [0.3, 0.4) is 0 Å². The summed E-state index contributed by atoms with van der Waals surface area (Å²) in [5, 5.41) is 0. The van der Waals surface area contributed by atoms with Crippen molar-refractivity contribution < 1.29 is 19.1 Å². The van der Waals surface area contributed by atoms with Crippen LogP contribution in [-0.4, -0.2) is 23.6 Å². The van der Waals surface area contributed by atoms with Gasteiger partial charge in [0.15, 0.2) is 0 Å². The van der Waals surface area contributed by atoms with Gasteiger partial charge in [0.2, 0.25) is 0 Å². The summed E-state index contributed by atoms with van der Waals surface area (Å²) < 4.78 is 5.24. The molecule has 4 heteroatoms. The van der Waals surface area contributed by atoms with Gasteiger partial charge in [-0.1, -0.05) is 20.8 Å². The zero-order chi connectivity index (χ0) is 14.7. The molecule has 0 bridgehead atoms. The molecule has 0 aliphatic rings. The zero-order valence-corrected chi connectivity index (χ0v) is 12.4. The first-order valence-electron chi connectivity index (χ1n) is 7.26. The third kappa shape index (κ3) is 9.40. The molecule has 4 nitrogen and oxygen atoms in total. The lowest BCUT2D eigenvalue weighted by atomic mass is 10.0. The molecule has 0 fully saturated rings. The van der Waals surface area contributed by atoms with Crippen LogP contribution >= 0.6 is 0 Å². The fraction of sp³-hybridized carbons (Fsp3) is 0.800. The standard InChI is InChI=1S/C15H26O4/c1-4-12(16)10-11-13(17)8-7-9-14(5-2)19-15(18)6-3/h14H,4-11H2,1-3H3. The number of hydrogen-bond acceptors (Lipinski definition) is 4. The average molecular weight is 270 g/mol. The fourth-order valence-corrected chi connectivity index (χ4v) is 1.72. The van der Waals surface area contributed by atoms with Crippen molar-refractivity contribution in [3.8, 4) is 0 Å². The number of carbonyl (C=O) groups excluding carboxylic acids is 3. The van der Waals surface area contributed by atoms with Gasteiger partial charge in [-0.05, 0) is 19.3 Å². The van der Waals surface area contributed by atoms with Crippen molar-refractivity contribution >= 4 is 17.5 Å². The summed E-state index contributed by atoms with van der Waals surface area (Å²) in [6.45, 7) is 5.54. The highest BCUT2D eigenvalue weighted by Crippen LogP contribution is 2.11. The maximum atomic E-state index is 11.6. The van der Waals surface area contributed by atoms with Gasteiger partial charge < -0.3 is 4.74 Å². The molecule has 110 valence electrons. The molecule has 0 saturated heterocycles. The molecule has 0 saturated carbocycles. The lowest BCUT2D eigenvalue weighted by Gasteiger charge is -2.15. The topological polar surface area (TPSA) is 60.4 Å². The third-order valence-electron chi connectivity index (χ3n) is 3.10. The van der Waals surface area contributed by atoms with E-state index in [1.165, 1.54) is 0 Å². The van der Waals surface area contributed by atoms with Gasteiger partial charge >= 0.3 is 5.97 Å². The van der Waals surface area contributed by atoms with Crippen molar-refractivity contribution in [2.24, 2.45) is 0 Å². The molecule has 0 spiro atoms. The Hall–Kier alpha value is -1.19. The lowest BCUT2D eigenvalue weighted by molar-refractivity contribution is -0.149. The molecule has 19 heavy (non-hydrogen) atoms. The number of Topliss-reactive ketones (excluding diaryl/α,β-unsaturated/α-hetero) is 2. The summed E-state index contributed by atoms with van der Waals surface area (Å²) in [4.78, 5) is 33.8. The van der Waals surface area contributed by atoms with Crippen LogP contribution in [0.1, 0.15) is 72.1 Å². The van der Waals surface area contributed by atoms with Gasteiger partial charge in [0.1, 0.15) is 17.7 Å². The van der Waals surface area contributed by atoms with Crippen LogP contribution in [0.5, 0.6) is 0 Å². The van der Waals surface area contributed by atoms with Gasteiger partial charge in [0.05, 0.1) is 0 Å². The van der Waals surface area contributed by atoms with Gasteiger partial charge in [-0.2, -0.15) is 0 Å². The van der Waals surface area contributed by atoms with Crippen molar-refractivity contribution in [2.75, 3.05) is 0 Å². The molecule has 0 heterocycles. The van der Waals surface area contributed by atoms with E-state index in [-0.39, 0.29) is 23.6 Å². The van der Waals surface area contributed by atoms with Crippen LogP contribution in [0.2, 0.25) is 0 Å². The number of rotatable bonds is 11. The van der Waals surface area contributed by atoms with E-state index in [1.807, 2.05) is 6.92 Å². The van der Waals surface area contributed by atoms with E-state index >= 15 is 0 Å². The molecule has 0 aromatic heterocycles. The number of esters is 1. The fourth-order valence-electron chi connectivity index (χ4n) is 1.72. The highest BCUT2D eigenvalue weighted by molar-refractivity contribution is 5.85. The zero-order valence-electron chi connectivity index (χ0n) is 12.4. The van der Waals surface area contributed by atoms with Gasteiger partial charge in [-0.15, -0.1) is 0 Å². The largest absolute Gasteiger partial charge is 0.462 e. The second-order valence-electron chi connectivity index (χ2n) is 4.70. The number of hydrogen-bond donors (Lipinski definition) is 0. The Morgan fingerprint density at radius 1 is 0.895 bits per heavy atom. The van der Waals surface area contributed by atoms with Crippen LogP contribution in [0, 0.1) is 0 Å². The van der Waals surface area contributed by atoms with E-state index in [0.717, 1.165) is 12.8 Å². The van der Waals surface area contributed by atoms with Crippen LogP contribution < -0.4 is 0 Å². The van der Waals surface area contributed by atoms with Crippen molar-refractivity contribution in [2.45, 2.75) is 78.2 Å². The summed E-state index contributed by atoms with van der Waals surface area (Å²) in [5.74, 6) is 0.0712. The summed E-state index contributed by atoms with van der Waals surface area (Å²) in [5.41, 5.74) is 0. The van der Waals surface area contributed by atoms with E-state index in [9.17, 15) is 14.4 Å². The number of carbonyl (C=O) groups is 3. The molecule has 0 aliphatic heterocycles. The summed E-state index contributed by atoms with van der Waals surface area (Å²) in [6, 6.07) is 0. The third-order valence-corrected chi connectivity index (χ3v) is 3.10. The molecular formula is C15H26O4. The van der Waals surface area contributed by atoms with E-state index in [1.54, 1.807) is 13.8 Å². The maximum Gasteiger partial charge on any atom is 0.305 e. The Morgan fingerprint density at radius 3 is 2.05 bits per heavy atom. The summed E-state index contributed by atoms with van der Waals surface area (Å²) in [7, 11) is 0. The maximum absolute atomic E-state index is 11.6. The molecule has 0 aromatic rings. The van der Waals surface area contributed by atoms with Gasteiger partial charge in [0, 0.05) is 32.1 Å². The SMILES string of the molecule is CCC(=O)CCC(=O)CCCC(CC)OC(=O)CC. The first-order chi connectivity index (χ1) is 9.03. The predicted octanol–water partition coefficient (Wildman–Crippen LogP) is 3.22. The number of ketones is 2. The second kappa shape index (κ2) is 10.7. The molecule has 0 aliphatic carbocycles. The molecular weight excluding hydrogens is 244 g/mol. The quantitative estimate of drug-likeness (QED) is 0.541. The molecule has 0 N–H and O–H groups in total. The minimum Gasteiger partial charge on any atom is -0.462 e. The lowest BCUT2D eigenvalue weighted by Crippen LogP contribution is -2.17. The average Bonchev–Trinajstić information content (AvgIpc) is 2.43. The summed E-state index contributed by atoms with van der Waals surface area (Å²) >= 11 is 0. The molecule has 0 aromatic carbocycles. The summed E-state index contributed by atoms with van der Waals surface area (Å²) in [6.07, 6.45) is 4.18. The van der Waals surface area contributed by atoms with Crippen LogP contribution in [-0.2, 0) is 19.1 Å². The normalized spacial score (nSPS) is 11.9.